The lowest BCUT2D eigenvalue weighted by molar-refractivity contribution is 0.0701. The van der Waals surface area contributed by atoms with Crippen molar-refractivity contribution in [3.63, 3.8) is 0 Å². The van der Waals surface area contributed by atoms with Gasteiger partial charge in [-0.05, 0) is 24.8 Å². The molecule has 5 nitrogen and oxygen atoms in total. The molecule has 100 valence electrons. The van der Waals surface area contributed by atoms with E-state index in [1.165, 1.54) is 0 Å². The van der Waals surface area contributed by atoms with Crippen molar-refractivity contribution in [1.29, 1.82) is 0 Å². The third-order valence-electron chi connectivity index (χ3n) is 3.32. The Morgan fingerprint density at radius 2 is 2.28 bits per heavy atom. The molecule has 0 aromatic carbocycles. The molecular weight excluding hydrogens is 230 g/mol. The Hall–Kier alpha value is -1.36. The number of aliphatic hydroxyl groups excluding tert-OH is 1. The SMILES string of the molecule is CC(C)c1cc(C(=O)N(CCO)C2CC2)nn1C. The summed E-state index contributed by atoms with van der Waals surface area (Å²) in [7, 11) is 1.86. The third-order valence-corrected chi connectivity index (χ3v) is 3.32. The highest BCUT2D eigenvalue weighted by molar-refractivity contribution is 5.92. The molecule has 0 bridgehead atoms. The molecule has 1 aliphatic rings. The van der Waals surface area contributed by atoms with Gasteiger partial charge in [0.25, 0.3) is 5.91 Å². The molecule has 0 radical (unpaired) electrons. The normalized spacial score (nSPS) is 15.2. The van der Waals surface area contributed by atoms with E-state index in [2.05, 4.69) is 18.9 Å². The van der Waals surface area contributed by atoms with Gasteiger partial charge in [-0.3, -0.25) is 9.48 Å². The molecule has 1 N–H and O–H groups in total. The second-order valence-electron chi connectivity index (χ2n) is 5.19. The largest absolute Gasteiger partial charge is 0.395 e. The van der Waals surface area contributed by atoms with Crippen LogP contribution in [0, 0.1) is 0 Å². The average molecular weight is 251 g/mol. The summed E-state index contributed by atoms with van der Waals surface area (Å²) in [5.41, 5.74) is 1.54. The number of carbonyl (C=O) groups is 1. The van der Waals surface area contributed by atoms with Crippen LogP contribution in [0.4, 0.5) is 0 Å². The Balaban J connectivity index is 2.19. The quantitative estimate of drug-likeness (QED) is 0.853. The first-order valence-corrected chi connectivity index (χ1v) is 6.50. The van der Waals surface area contributed by atoms with E-state index in [1.807, 2.05) is 13.1 Å². The van der Waals surface area contributed by atoms with Crippen molar-refractivity contribution in [2.75, 3.05) is 13.2 Å². The summed E-state index contributed by atoms with van der Waals surface area (Å²) in [5.74, 6) is 0.283. The van der Waals surface area contributed by atoms with Gasteiger partial charge in [-0.2, -0.15) is 5.10 Å². The molecule has 1 aliphatic carbocycles. The van der Waals surface area contributed by atoms with E-state index < -0.39 is 0 Å². The number of amides is 1. The number of aryl methyl sites for hydroxylation is 1. The van der Waals surface area contributed by atoms with Crippen molar-refractivity contribution in [3.05, 3.63) is 17.5 Å². The molecule has 2 rings (SSSR count). The molecule has 0 saturated heterocycles. The highest BCUT2D eigenvalue weighted by Crippen LogP contribution is 2.28. The lowest BCUT2D eigenvalue weighted by Gasteiger charge is -2.19. The van der Waals surface area contributed by atoms with Crippen LogP contribution >= 0.6 is 0 Å². The van der Waals surface area contributed by atoms with E-state index in [1.54, 1.807) is 9.58 Å². The van der Waals surface area contributed by atoms with Crippen molar-refractivity contribution >= 4 is 5.91 Å². The zero-order valence-electron chi connectivity index (χ0n) is 11.3. The minimum absolute atomic E-state index is 0.00606. The number of nitrogens with zero attached hydrogens (tertiary/aromatic N) is 3. The molecular formula is C13H21N3O2. The van der Waals surface area contributed by atoms with Crippen LogP contribution in [0.3, 0.4) is 0 Å². The molecule has 0 atom stereocenters. The Morgan fingerprint density at radius 1 is 1.61 bits per heavy atom. The van der Waals surface area contributed by atoms with Gasteiger partial charge in [0.05, 0.1) is 6.61 Å². The molecule has 1 fully saturated rings. The van der Waals surface area contributed by atoms with E-state index in [-0.39, 0.29) is 12.5 Å². The van der Waals surface area contributed by atoms with Crippen LogP contribution < -0.4 is 0 Å². The Kier molecular flexibility index (Phi) is 3.71. The van der Waals surface area contributed by atoms with Crippen molar-refractivity contribution in [2.24, 2.45) is 7.05 Å². The highest BCUT2D eigenvalue weighted by atomic mass is 16.3. The Bertz CT molecular complexity index is 435. The summed E-state index contributed by atoms with van der Waals surface area (Å²) in [6.45, 7) is 4.57. The molecule has 1 aromatic heterocycles. The van der Waals surface area contributed by atoms with Crippen LogP contribution in [-0.2, 0) is 7.05 Å². The molecule has 1 aromatic rings. The van der Waals surface area contributed by atoms with Gasteiger partial charge in [0.15, 0.2) is 5.69 Å². The fourth-order valence-electron chi connectivity index (χ4n) is 2.22. The first-order valence-electron chi connectivity index (χ1n) is 6.50. The Morgan fingerprint density at radius 3 is 2.72 bits per heavy atom. The van der Waals surface area contributed by atoms with Gasteiger partial charge in [-0.1, -0.05) is 13.8 Å². The van der Waals surface area contributed by atoms with Crippen LogP contribution in [0.2, 0.25) is 0 Å². The Labute approximate surface area is 107 Å². The van der Waals surface area contributed by atoms with E-state index in [0.717, 1.165) is 18.5 Å². The van der Waals surface area contributed by atoms with Gasteiger partial charge >= 0.3 is 0 Å². The zero-order chi connectivity index (χ0) is 13.3. The number of aliphatic hydroxyl groups is 1. The fraction of sp³-hybridized carbons (Fsp3) is 0.692. The van der Waals surface area contributed by atoms with E-state index >= 15 is 0 Å². The third kappa shape index (κ3) is 2.56. The van der Waals surface area contributed by atoms with Crippen molar-refractivity contribution in [2.45, 2.75) is 38.6 Å². The number of carbonyl (C=O) groups excluding carboxylic acids is 1. The van der Waals surface area contributed by atoms with Crippen molar-refractivity contribution in [1.82, 2.24) is 14.7 Å². The maximum atomic E-state index is 12.3. The first-order chi connectivity index (χ1) is 8.54. The maximum Gasteiger partial charge on any atom is 0.274 e. The van der Waals surface area contributed by atoms with Crippen molar-refractivity contribution in [3.8, 4) is 0 Å². The standard InChI is InChI=1S/C13H21N3O2/c1-9(2)12-8-11(14-15(12)3)13(18)16(6-7-17)10-4-5-10/h8-10,17H,4-7H2,1-3H3. The number of rotatable bonds is 5. The molecule has 18 heavy (non-hydrogen) atoms. The van der Waals surface area contributed by atoms with E-state index in [0.29, 0.717) is 24.2 Å². The second-order valence-corrected chi connectivity index (χ2v) is 5.19. The second kappa shape index (κ2) is 5.10. The van der Waals surface area contributed by atoms with Gasteiger partial charge < -0.3 is 10.0 Å². The summed E-state index contributed by atoms with van der Waals surface area (Å²) < 4.78 is 1.77. The summed E-state index contributed by atoms with van der Waals surface area (Å²) >= 11 is 0. The monoisotopic (exact) mass is 251 g/mol. The van der Waals surface area contributed by atoms with Gasteiger partial charge in [-0.25, -0.2) is 0 Å². The van der Waals surface area contributed by atoms with Gasteiger partial charge in [0.1, 0.15) is 0 Å². The van der Waals surface area contributed by atoms with Crippen LogP contribution in [0.15, 0.2) is 6.07 Å². The zero-order valence-corrected chi connectivity index (χ0v) is 11.3. The van der Waals surface area contributed by atoms with E-state index in [9.17, 15) is 4.79 Å². The summed E-state index contributed by atoms with van der Waals surface area (Å²) in [6.07, 6.45) is 2.07. The number of hydrogen-bond acceptors (Lipinski definition) is 3. The predicted molar refractivity (Wildman–Crippen MR) is 68.4 cm³/mol. The topological polar surface area (TPSA) is 58.4 Å². The number of hydrogen-bond donors (Lipinski definition) is 1. The fourth-order valence-corrected chi connectivity index (χ4v) is 2.22. The lowest BCUT2D eigenvalue weighted by atomic mass is 10.1. The molecule has 1 saturated carbocycles. The average Bonchev–Trinajstić information content (AvgIpc) is 3.07. The van der Waals surface area contributed by atoms with E-state index in [4.69, 9.17) is 5.11 Å². The van der Waals surface area contributed by atoms with Crippen LogP contribution in [0.5, 0.6) is 0 Å². The molecule has 5 heteroatoms. The molecule has 0 spiro atoms. The molecule has 0 aliphatic heterocycles. The summed E-state index contributed by atoms with van der Waals surface area (Å²) in [4.78, 5) is 14.1. The van der Waals surface area contributed by atoms with Crippen LogP contribution in [0.1, 0.15) is 48.8 Å². The summed E-state index contributed by atoms with van der Waals surface area (Å²) in [5, 5.41) is 13.3. The minimum Gasteiger partial charge on any atom is -0.395 e. The smallest absolute Gasteiger partial charge is 0.274 e. The first kappa shape index (κ1) is 13.1. The van der Waals surface area contributed by atoms with Crippen LogP contribution in [-0.4, -0.2) is 44.9 Å². The molecule has 1 amide bonds. The maximum absolute atomic E-state index is 12.3. The number of aromatic nitrogens is 2. The predicted octanol–water partition coefficient (Wildman–Crippen LogP) is 1.14. The van der Waals surface area contributed by atoms with Gasteiger partial charge in [-0.15, -0.1) is 0 Å². The van der Waals surface area contributed by atoms with Crippen LogP contribution in [0.25, 0.3) is 0 Å². The lowest BCUT2D eigenvalue weighted by Crippen LogP contribution is -2.35. The molecule has 0 unspecified atom stereocenters. The molecule has 1 heterocycles. The van der Waals surface area contributed by atoms with Gasteiger partial charge in [0, 0.05) is 25.3 Å². The minimum atomic E-state index is -0.0611. The summed E-state index contributed by atoms with van der Waals surface area (Å²) in [6, 6.07) is 2.16. The highest BCUT2D eigenvalue weighted by Gasteiger charge is 2.33. The van der Waals surface area contributed by atoms with Gasteiger partial charge in [0.2, 0.25) is 0 Å². The van der Waals surface area contributed by atoms with Crippen molar-refractivity contribution < 1.29 is 9.90 Å².